The number of thioether (sulfide) groups is 1. The van der Waals surface area contributed by atoms with Crippen LogP contribution >= 0.6 is 23.1 Å². The van der Waals surface area contributed by atoms with E-state index in [1.54, 1.807) is 4.57 Å². The Morgan fingerprint density at radius 1 is 1.16 bits per heavy atom. The average molecular weight is 458 g/mol. The summed E-state index contributed by atoms with van der Waals surface area (Å²) >= 11 is 2.78. The van der Waals surface area contributed by atoms with E-state index in [9.17, 15) is 9.59 Å². The molecule has 0 aliphatic carbocycles. The van der Waals surface area contributed by atoms with E-state index in [0.717, 1.165) is 45.7 Å². The van der Waals surface area contributed by atoms with Crippen LogP contribution in [-0.2, 0) is 17.7 Å². The van der Waals surface area contributed by atoms with Crippen molar-refractivity contribution in [1.29, 1.82) is 0 Å². The third-order valence-corrected chi connectivity index (χ3v) is 7.38. The van der Waals surface area contributed by atoms with E-state index in [1.165, 1.54) is 28.7 Å². The Bertz CT molecular complexity index is 1090. The minimum Gasteiger partial charge on any atom is -0.379 e. The topological polar surface area (TPSA) is 64.4 Å². The number of hydrogen-bond acceptors (Lipinski definition) is 7. The van der Waals surface area contributed by atoms with E-state index < -0.39 is 0 Å². The molecule has 1 fully saturated rings. The number of aryl methyl sites for hydroxylation is 1. The van der Waals surface area contributed by atoms with Gasteiger partial charge in [-0.25, -0.2) is 4.98 Å². The van der Waals surface area contributed by atoms with E-state index in [4.69, 9.17) is 9.72 Å². The highest BCUT2D eigenvalue weighted by Gasteiger charge is 2.16. The van der Waals surface area contributed by atoms with Gasteiger partial charge in [0.15, 0.2) is 10.9 Å². The number of Topliss-reactive ketones (excluding diaryl/α,β-unsaturated/α-hetero) is 1. The molecule has 0 N–H and O–H groups in total. The fourth-order valence-electron chi connectivity index (χ4n) is 3.65. The number of rotatable bonds is 9. The fraction of sp³-hybridized carbons (Fsp3) is 0.435. The van der Waals surface area contributed by atoms with Gasteiger partial charge in [0.05, 0.1) is 24.5 Å². The molecule has 6 nitrogen and oxygen atoms in total. The van der Waals surface area contributed by atoms with E-state index in [2.05, 4.69) is 11.8 Å². The Morgan fingerprint density at radius 3 is 2.68 bits per heavy atom. The van der Waals surface area contributed by atoms with Crippen LogP contribution < -0.4 is 5.56 Å². The summed E-state index contributed by atoms with van der Waals surface area (Å²) in [5.41, 5.74) is 2.61. The van der Waals surface area contributed by atoms with Gasteiger partial charge in [-0.05, 0) is 29.9 Å². The zero-order valence-corrected chi connectivity index (χ0v) is 19.3. The summed E-state index contributed by atoms with van der Waals surface area (Å²) < 4.78 is 7.83. The Hall–Kier alpha value is -2.00. The van der Waals surface area contributed by atoms with Crippen LogP contribution in [0.3, 0.4) is 0 Å². The van der Waals surface area contributed by atoms with Crippen molar-refractivity contribution in [2.75, 3.05) is 38.6 Å². The summed E-state index contributed by atoms with van der Waals surface area (Å²) in [6, 6.07) is 9.62. The van der Waals surface area contributed by atoms with Crippen LogP contribution in [0.15, 0.2) is 45.7 Å². The molecule has 4 rings (SSSR count). The lowest BCUT2D eigenvalue weighted by Crippen LogP contribution is -2.37. The number of hydrogen-bond donors (Lipinski definition) is 0. The normalized spacial score (nSPS) is 14.9. The molecule has 0 atom stereocenters. The van der Waals surface area contributed by atoms with E-state index in [1.807, 2.05) is 35.7 Å². The smallest absolute Gasteiger partial charge is 0.272 e. The van der Waals surface area contributed by atoms with Gasteiger partial charge in [0, 0.05) is 31.7 Å². The number of carbonyl (C=O) groups is 1. The molecule has 31 heavy (non-hydrogen) atoms. The Balaban J connectivity index is 1.47. The van der Waals surface area contributed by atoms with E-state index >= 15 is 0 Å². The molecule has 0 unspecified atom stereocenters. The van der Waals surface area contributed by atoms with Crippen LogP contribution in [0.5, 0.6) is 0 Å². The molecular formula is C23H27N3O3S2. The summed E-state index contributed by atoms with van der Waals surface area (Å²) in [5, 5.41) is 2.52. The van der Waals surface area contributed by atoms with Crippen molar-refractivity contribution >= 4 is 39.1 Å². The molecule has 8 heteroatoms. The van der Waals surface area contributed by atoms with Gasteiger partial charge in [-0.1, -0.05) is 43.0 Å². The zero-order valence-electron chi connectivity index (χ0n) is 17.7. The fourth-order valence-corrected chi connectivity index (χ4v) is 5.35. The molecule has 3 heterocycles. The largest absolute Gasteiger partial charge is 0.379 e. The molecule has 0 bridgehead atoms. The monoisotopic (exact) mass is 457 g/mol. The molecule has 0 saturated carbocycles. The SMILES string of the molecule is CCc1ccc(C(=O)CSc2nc3ccsc3c(=O)n2CCCN2CCOCC2)cc1. The Labute approximate surface area is 190 Å². The Morgan fingerprint density at radius 2 is 1.94 bits per heavy atom. The summed E-state index contributed by atoms with van der Waals surface area (Å²) in [5.74, 6) is 0.309. The van der Waals surface area contributed by atoms with Crippen LogP contribution in [0.4, 0.5) is 0 Å². The first-order chi connectivity index (χ1) is 15.2. The quantitative estimate of drug-likeness (QED) is 0.277. The maximum atomic E-state index is 13.1. The van der Waals surface area contributed by atoms with Gasteiger partial charge in [-0.15, -0.1) is 11.3 Å². The average Bonchev–Trinajstić information content (AvgIpc) is 3.29. The van der Waals surface area contributed by atoms with Crippen LogP contribution in [0, 0.1) is 0 Å². The molecule has 1 aliphatic rings. The van der Waals surface area contributed by atoms with Crippen molar-refractivity contribution in [2.45, 2.75) is 31.5 Å². The molecule has 3 aromatic rings. The predicted octanol–water partition coefficient (Wildman–Crippen LogP) is 3.72. The minimum absolute atomic E-state index is 0.00998. The lowest BCUT2D eigenvalue weighted by molar-refractivity contribution is 0.0368. The number of nitrogens with zero attached hydrogens (tertiary/aromatic N) is 3. The molecule has 2 aromatic heterocycles. The third kappa shape index (κ3) is 5.44. The summed E-state index contributed by atoms with van der Waals surface area (Å²) in [4.78, 5) is 32.8. The van der Waals surface area contributed by atoms with Gasteiger partial charge in [-0.2, -0.15) is 0 Å². The first-order valence-corrected chi connectivity index (χ1v) is 12.6. The second-order valence-electron chi connectivity index (χ2n) is 7.56. The number of ether oxygens (including phenoxy) is 1. The van der Waals surface area contributed by atoms with Gasteiger partial charge >= 0.3 is 0 Å². The van der Waals surface area contributed by atoms with Crippen molar-refractivity contribution in [2.24, 2.45) is 0 Å². The molecule has 1 aliphatic heterocycles. The van der Waals surface area contributed by atoms with Gasteiger partial charge in [0.25, 0.3) is 5.56 Å². The van der Waals surface area contributed by atoms with E-state index in [-0.39, 0.29) is 17.1 Å². The molecule has 0 radical (unpaired) electrons. The maximum absolute atomic E-state index is 13.1. The standard InChI is InChI=1S/C23H27N3O3S2/c1-2-17-4-6-18(7-5-17)20(27)16-31-23-24-19-8-15-30-21(19)22(28)26(23)10-3-9-25-11-13-29-14-12-25/h4-8,15H,2-3,9-14,16H2,1H3. The lowest BCUT2D eigenvalue weighted by atomic mass is 10.1. The number of benzene rings is 1. The predicted molar refractivity (Wildman–Crippen MR) is 127 cm³/mol. The maximum Gasteiger partial charge on any atom is 0.272 e. The number of carbonyl (C=O) groups excluding carboxylic acids is 1. The molecule has 0 amide bonds. The van der Waals surface area contributed by atoms with Gasteiger partial charge < -0.3 is 4.74 Å². The second-order valence-corrected chi connectivity index (χ2v) is 9.41. The van der Waals surface area contributed by atoms with Gasteiger partial charge in [0.2, 0.25) is 0 Å². The van der Waals surface area contributed by atoms with Crippen LogP contribution in [0.25, 0.3) is 10.2 Å². The van der Waals surface area contributed by atoms with Crippen LogP contribution in [0.2, 0.25) is 0 Å². The number of ketones is 1. The lowest BCUT2D eigenvalue weighted by Gasteiger charge is -2.26. The number of aromatic nitrogens is 2. The van der Waals surface area contributed by atoms with Crippen LogP contribution in [-0.4, -0.2) is 58.8 Å². The summed E-state index contributed by atoms with van der Waals surface area (Å²) in [6.07, 6.45) is 1.81. The molecule has 0 spiro atoms. The summed E-state index contributed by atoms with van der Waals surface area (Å²) in [6.45, 7) is 7.02. The van der Waals surface area contributed by atoms with Crippen LogP contribution in [0.1, 0.15) is 29.3 Å². The van der Waals surface area contributed by atoms with Gasteiger partial charge in [-0.3, -0.25) is 19.1 Å². The van der Waals surface area contributed by atoms with E-state index in [0.29, 0.717) is 27.5 Å². The number of morpholine rings is 1. The van der Waals surface area contributed by atoms with Gasteiger partial charge in [0.1, 0.15) is 4.70 Å². The van der Waals surface area contributed by atoms with Crippen molar-refractivity contribution in [1.82, 2.24) is 14.5 Å². The van der Waals surface area contributed by atoms with Crippen molar-refractivity contribution in [3.63, 3.8) is 0 Å². The first-order valence-electron chi connectivity index (χ1n) is 10.7. The molecule has 1 aromatic carbocycles. The summed E-state index contributed by atoms with van der Waals surface area (Å²) in [7, 11) is 0. The van der Waals surface area contributed by atoms with Crippen molar-refractivity contribution < 1.29 is 9.53 Å². The highest BCUT2D eigenvalue weighted by Crippen LogP contribution is 2.22. The Kier molecular flexibility index (Phi) is 7.55. The highest BCUT2D eigenvalue weighted by atomic mass is 32.2. The molecule has 1 saturated heterocycles. The minimum atomic E-state index is -0.00998. The third-order valence-electron chi connectivity index (χ3n) is 5.51. The first kappa shape index (κ1) is 22.2. The van der Waals surface area contributed by atoms with Crippen molar-refractivity contribution in [3.8, 4) is 0 Å². The second kappa shape index (κ2) is 10.5. The number of thiophene rings is 1. The number of fused-ring (bicyclic) bond motifs is 1. The molecular weight excluding hydrogens is 430 g/mol. The highest BCUT2D eigenvalue weighted by molar-refractivity contribution is 7.99. The zero-order chi connectivity index (χ0) is 21.6. The molecule has 164 valence electrons. The van der Waals surface area contributed by atoms with Crippen molar-refractivity contribution in [3.05, 3.63) is 57.2 Å².